The number of Topliss-reactive ketones (excluding diaryl/α,β-unsaturated/α-hetero) is 1. The summed E-state index contributed by atoms with van der Waals surface area (Å²) in [5.74, 6) is 0.428. The van der Waals surface area contributed by atoms with Gasteiger partial charge < -0.3 is 4.74 Å². The van der Waals surface area contributed by atoms with E-state index in [4.69, 9.17) is 4.74 Å². The zero-order chi connectivity index (χ0) is 14.7. The minimum atomic E-state index is -0.672. The molecule has 4 heteroatoms. The third kappa shape index (κ3) is 3.61. The maximum Gasteiger partial charge on any atom is 0.138 e. The van der Waals surface area contributed by atoms with Crippen molar-refractivity contribution in [1.29, 1.82) is 0 Å². The van der Waals surface area contributed by atoms with Gasteiger partial charge in [0.25, 0.3) is 0 Å². The summed E-state index contributed by atoms with van der Waals surface area (Å²) in [6, 6.07) is 10.0. The van der Waals surface area contributed by atoms with Gasteiger partial charge in [0.2, 0.25) is 0 Å². The lowest BCUT2D eigenvalue weighted by atomic mass is 9.93. The first-order valence-electron chi connectivity index (χ1n) is 7.78. The van der Waals surface area contributed by atoms with Gasteiger partial charge in [0.05, 0.1) is 13.2 Å². The smallest absolute Gasteiger partial charge is 0.138 e. The lowest BCUT2D eigenvalue weighted by molar-refractivity contribution is -0.124. The van der Waals surface area contributed by atoms with E-state index in [0.717, 1.165) is 31.2 Å². The van der Waals surface area contributed by atoms with E-state index in [1.54, 1.807) is 0 Å². The molecule has 1 aromatic rings. The summed E-state index contributed by atoms with van der Waals surface area (Å²) in [5, 5.41) is 0.561. The molecule has 0 amide bonds. The second kappa shape index (κ2) is 6.84. The lowest BCUT2D eigenvalue weighted by Gasteiger charge is -2.26. The molecular formula is C17H22O3S. The van der Waals surface area contributed by atoms with Crippen LogP contribution >= 0.6 is 0 Å². The van der Waals surface area contributed by atoms with Crippen molar-refractivity contribution in [3.63, 3.8) is 0 Å². The number of benzene rings is 1. The van der Waals surface area contributed by atoms with Crippen LogP contribution in [0.2, 0.25) is 0 Å². The molecule has 0 N–H and O–H groups in total. The Balaban J connectivity index is 1.40. The highest BCUT2D eigenvalue weighted by atomic mass is 32.2. The summed E-state index contributed by atoms with van der Waals surface area (Å²) in [6.07, 6.45) is 4.25. The highest BCUT2D eigenvalue weighted by molar-refractivity contribution is 7.86. The summed E-state index contributed by atoms with van der Waals surface area (Å²) < 4.78 is 17.5. The zero-order valence-electron chi connectivity index (χ0n) is 12.2. The van der Waals surface area contributed by atoms with Crippen molar-refractivity contribution in [1.82, 2.24) is 0 Å². The minimum Gasteiger partial charge on any atom is -0.376 e. The molecule has 0 saturated carbocycles. The Labute approximate surface area is 128 Å². The number of hydrogen-bond donors (Lipinski definition) is 0. The fourth-order valence-electron chi connectivity index (χ4n) is 3.44. The number of carbonyl (C=O) groups is 1. The third-order valence-electron chi connectivity index (χ3n) is 4.62. The summed E-state index contributed by atoms with van der Waals surface area (Å²) in [5.41, 5.74) is 1.14. The van der Waals surface area contributed by atoms with Crippen molar-refractivity contribution >= 4 is 16.6 Å². The molecule has 1 aromatic carbocycles. The molecule has 3 rings (SSSR count). The van der Waals surface area contributed by atoms with Gasteiger partial charge in [0.15, 0.2) is 0 Å². The maximum absolute atomic E-state index is 12.3. The Kier molecular flexibility index (Phi) is 4.86. The Bertz CT molecular complexity index is 498. The molecule has 0 spiro atoms. The molecule has 2 fully saturated rings. The van der Waals surface area contributed by atoms with Gasteiger partial charge >= 0.3 is 0 Å². The van der Waals surface area contributed by atoms with Crippen LogP contribution in [0.25, 0.3) is 0 Å². The van der Waals surface area contributed by atoms with Crippen LogP contribution in [0.1, 0.15) is 37.7 Å². The van der Waals surface area contributed by atoms with Gasteiger partial charge in [-0.3, -0.25) is 9.00 Å². The SMILES string of the molecule is O=C(CCOCc1ccccc1)C1CC2CCC(C1)S2=O. The molecule has 114 valence electrons. The predicted octanol–water partition coefficient (Wildman–Crippen LogP) is 2.85. The normalized spacial score (nSPS) is 31.2. The van der Waals surface area contributed by atoms with E-state index in [2.05, 4.69) is 0 Å². The van der Waals surface area contributed by atoms with Gasteiger partial charge in [-0.05, 0) is 31.2 Å². The summed E-state index contributed by atoms with van der Waals surface area (Å²) in [7, 11) is -0.672. The predicted molar refractivity (Wildman–Crippen MR) is 83.4 cm³/mol. The molecule has 2 bridgehead atoms. The van der Waals surface area contributed by atoms with Crippen LogP contribution < -0.4 is 0 Å². The quantitative estimate of drug-likeness (QED) is 0.759. The van der Waals surface area contributed by atoms with Crippen LogP contribution in [-0.2, 0) is 26.9 Å². The number of ketones is 1. The molecule has 2 heterocycles. The molecule has 2 saturated heterocycles. The highest BCUT2D eigenvalue weighted by Gasteiger charge is 2.42. The van der Waals surface area contributed by atoms with Crippen molar-refractivity contribution < 1.29 is 13.7 Å². The van der Waals surface area contributed by atoms with Crippen LogP contribution in [0.5, 0.6) is 0 Å². The van der Waals surface area contributed by atoms with E-state index in [1.165, 1.54) is 0 Å². The van der Waals surface area contributed by atoms with E-state index < -0.39 is 10.8 Å². The fourth-order valence-corrected chi connectivity index (χ4v) is 5.56. The zero-order valence-corrected chi connectivity index (χ0v) is 13.0. The Morgan fingerprint density at radius 1 is 1.14 bits per heavy atom. The van der Waals surface area contributed by atoms with Gasteiger partial charge in [-0.25, -0.2) is 0 Å². The van der Waals surface area contributed by atoms with Crippen molar-refractivity contribution in [2.45, 2.75) is 49.2 Å². The van der Waals surface area contributed by atoms with Crippen LogP contribution in [0.15, 0.2) is 30.3 Å². The van der Waals surface area contributed by atoms with Crippen LogP contribution in [0.3, 0.4) is 0 Å². The van der Waals surface area contributed by atoms with Crippen molar-refractivity contribution in [3.8, 4) is 0 Å². The van der Waals surface area contributed by atoms with Crippen molar-refractivity contribution in [3.05, 3.63) is 35.9 Å². The number of ether oxygens (including phenoxy) is 1. The Morgan fingerprint density at radius 2 is 1.81 bits per heavy atom. The van der Waals surface area contributed by atoms with Crippen LogP contribution in [0.4, 0.5) is 0 Å². The largest absolute Gasteiger partial charge is 0.376 e. The van der Waals surface area contributed by atoms with Gasteiger partial charge in [0, 0.05) is 33.6 Å². The first-order chi connectivity index (χ1) is 10.2. The highest BCUT2D eigenvalue weighted by Crippen LogP contribution is 2.39. The van der Waals surface area contributed by atoms with Crippen LogP contribution in [0, 0.1) is 5.92 Å². The fraction of sp³-hybridized carbons (Fsp3) is 0.588. The van der Waals surface area contributed by atoms with Gasteiger partial charge in [-0.15, -0.1) is 0 Å². The molecule has 0 aromatic heterocycles. The molecule has 2 atom stereocenters. The van der Waals surface area contributed by atoms with E-state index >= 15 is 0 Å². The topological polar surface area (TPSA) is 43.4 Å². The molecule has 2 aliphatic heterocycles. The summed E-state index contributed by atoms with van der Waals surface area (Å²) in [6.45, 7) is 1.05. The van der Waals surface area contributed by atoms with E-state index in [0.29, 0.717) is 25.4 Å². The second-order valence-corrected chi connectivity index (χ2v) is 8.06. The number of carbonyl (C=O) groups excluding carboxylic acids is 1. The molecule has 0 radical (unpaired) electrons. The molecule has 3 nitrogen and oxygen atoms in total. The number of hydrogen-bond acceptors (Lipinski definition) is 3. The third-order valence-corrected chi connectivity index (χ3v) is 6.79. The minimum absolute atomic E-state index is 0.125. The van der Waals surface area contributed by atoms with E-state index in [9.17, 15) is 9.00 Å². The molecular weight excluding hydrogens is 284 g/mol. The average molecular weight is 306 g/mol. The molecule has 2 unspecified atom stereocenters. The number of fused-ring (bicyclic) bond motifs is 2. The molecule has 21 heavy (non-hydrogen) atoms. The lowest BCUT2D eigenvalue weighted by Crippen LogP contribution is -2.32. The van der Waals surface area contributed by atoms with E-state index in [1.807, 2.05) is 30.3 Å². The average Bonchev–Trinajstić information content (AvgIpc) is 2.74. The summed E-state index contributed by atoms with van der Waals surface area (Å²) >= 11 is 0. The van der Waals surface area contributed by atoms with E-state index in [-0.39, 0.29) is 16.4 Å². The summed E-state index contributed by atoms with van der Waals surface area (Å²) in [4.78, 5) is 12.3. The monoisotopic (exact) mass is 306 g/mol. The van der Waals surface area contributed by atoms with Gasteiger partial charge in [0.1, 0.15) is 5.78 Å². The van der Waals surface area contributed by atoms with Crippen LogP contribution in [-0.4, -0.2) is 27.1 Å². The van der Waals surface area contributed by atoms with Gasteiger partial charge in [-0.1, -0.05) is 30.3 Å². The van der Waals surface area contributed by atoms with Gasteiger partial charge in [-0.2, -0.15) is 0 Å². The second-order valence-electron chi connectivity index (χ2n) is 6.07. The first kappa shape index (κ1) is 14.9. The standard InChI is InChI=1S/C17H22O3S/c18-17(8-9-20-12-13-4-2-1-3-5-13)14-10-15-6-7-16(11-14)21(15)19/h1-5,14-16H,6-12H2. The molecule has 2 aliphatic rings. The molecule has 0 aliphatic carbocycles. The maximum atomic E-state index is 12.3. The Hall–Kier alpha value is -1.00. The van der Waals surface area contributed by atoms with Crippen molar-refractivity contribution in [2.75, 3.05) is 6.61 Å². The van der Waals surface area contributed by atoms with Crippen molar-refractivity contribution in [2.24, 2.45) is 5.92 Å². The first-order valence-corrected chi connectivity index (χ1v) is 9.05. The Morgan fingerprint density at radius 3 is 2.48 bits per heavy atom. The number of rotatable bonds is 6.